The predicted molar refractivity (Wildman–Crippen MR) is 66.3 cm³/mol. The van der Waals surface area contributed by atoms with Crippen molar-refractivity contribution < 1.29 is 9.53 Å². The summed E-state index contributed by atoms with van der Waals surface area (Å²) in [6.45, 7) is 0. The van der Waals surface area contributed by atoms with Crippen LogP contribution in [0.3, 0.4) is 0 Å². The van der Waals surface area contributed by atoms with Gasteiger partial charge in [0.25, 0.3) is 0 Å². The van der Waals surface area contributed by atoms with Gasteiger partial charge in [0.1, 0.15) is 0 Å². The van der Waals surface area contributed by atoms with E-state index in [4.69, 9.17) is 4.74 Å². The molecule has 1 aromatic carbocycles. The molecular formula is C13H18O2Si. The zero-order valence-electron chi connectivity index (χ0n) is 9.43. The van der Waals surface area contributed by atoms with E-state index >= 15 is 0 Å². The third-order valence-electron chi connectivity index (χ3n) is 3.95. The molecule has 86 valence electrons. The van der Waals surface area contributed by atoms with Crippen molar-refractivity contribution >= 4 is 14.2 Å². The third kappa shape index (κ3) is 1.83. The fourth-order valence-corrected chi connectivity index (χ4v) is 5.07. The summed E-state index contributed by atoms with van der Waals surface area (Å²) in [6, 6.07) is 11.0. The van der Waals surface area contributed by atoms with Crippen LogP contribution in [0.25, 0.3) is 0 Å². The Morgan fingerprint density at radius 2 is 2.12 bits per heavy atom. The molecule has 1 saturated carbocycles. The molecule has 1 aromatic rings. The van der Waals surface area contributed by atoms with Crippen LogP contribution in [0.1, 0.15) is 25.7 Å². The van der Waals surface area contributed by atoms with E-state index in [9.17, 15) is 4.80 Å². The van der Waals surface area contributed by atoms with Crippen LogP contribution in [0.2, 0.25) is 6.04 Å². The van der Waals surface area contributed by atoms with E-state index in [0.29, 0.717) is 6.10 Å². The highest BCUT2D eigenvalue weighted by Crippen LogP contribution is 2.50. The van der Waals surface area contributed by atoms with Crippen molar-refractivity contribution in [2.45, 2.75) is 43.4 Å². The van der Waals surface area contributed by atoms with E-state index in [2.05, 4.69) is 0 Å². The van der Waals surface area contributed by atoms with Crippen molar-refractivity contribution in [1.29, 1.82) is 0 Å². The maximum absolute atomic E-state index is 10.3. The Bertz CT molecular complexity index is 367. The van der Waals surface area contributed by atoms with Crippen LogP contribution in [0, 0.1) is 0 Å². The molecule has 3 atom stereocenters. The standard InChI is InChI=1S/C13H18O2Si/c14-16(11-6-2-1-3-7-11)10-13-9-5-4-8-12(13)15-13/h1-3,6-7,12,14,16H,4-5,8-10H2. The number of hydrogen-bond acceptors (Lipinski definition) is 2. The van der Waals surface area contributed by atoms with Gasteiger partial charge in [-0.3, -0.25) is 0 Å². The molecule has 1 heterocycles. The van der Waals surface area contributed by atoms with Gasteiger partial charge in [-0.1, -0.05) is 43.2 Å². The first-order valence-electron chi connectivity index (χ1n) is 6.21. The molecule has 1 aliphatic carbocycles. The minimum absolute atomic E-state index is 0.0831. The van der Waals surface area contributed by atoms with Crippen molar-refractivity contribution in [3.8, 4) is 0 Å². The molecule has 0 aromatic heterocycles. The van der Waals surface area contributed by atoms with Gasteiger partial charge < -0.3 is 9.53 Å². The quantitative estimate of drug-likeness (QED) is 0.632. The van der Waals surface area contributed by atoms with Crippen LogP contribution in [0.4, 0.5) is 0 Å². The molecule has 1 N–H and O–H groups in total. The molecule has 3 unspecified atom stereocenters. The lowest BCUT2D eigenvalue weighted by Gasteiger charge is -2.19. The third-order valence-corrected chi connectivity index (χ3v) is 6.18. The molecule has 1 aliphatic heterocycles. The van der Waals surface area contributed by atoms with Gasteiger partial charge in [0, 0.05) is 0 Å². The average Bonchev–Trinajstić information content (AvgIpc) is 3.04. The Morgan fingerprint density at radius 1 is 1.31 bits per heavy atom. The summed E-state index contributed by atoms with van der Waals surface area (Å²) in [5, 5.41) is 1.15. The highest BCUT2D eigenvalue weighted by molar-refractivity contribution is 6.66. The number of benzene rings is 1. The van der Waals surface area contributed by atoms with Crippen molar-refractivity contribution in [3.63, 3.8) is 0 Å². The van der Waals surface area contributed by atoms with Crippen molar-refractivity contribution in [1.82, 2.24) is 0 Å². The number of hydrogen-bond donors (Lipinski definition) is 1. The van der Waals surface area contributed by atoms with Crippen LogP contribution >= 0.6 is 0 Å². The normalized spacial score (nSPS) is 34.2. The Hall–Kier alpha value is -0.643. The van der Waals surface area contributed by atoms with Gasteiger partial charge >= 0.3 is 0 Å². The van der Waals surface area contributed by atoms with Crippen LogP contribution in [-0.2, 0) is 4.74 Å². The smallest absolute Gasteiger partial charge is 0.206 e. The molecule has 1 saturated heterocycles. The fraction of sp³-hybridized carbons (Fsp3) is 0.538. The first kappa shape index (κ1) is 10.5. The second kappa shape index (κ2) is 3.98. The van der Waals surface area contributed by atoms with E-state index in [1.165, 1.54) is 19.3 Å². The van der Waals surface area contributed by atoms with Gasteiger partial charge in [0.05, 0.1) is 11.7 Å². The van der Waals surface area contributed by atoms with Crippen molar-refractivity contribution in [3.05, 3.63) is 30.3 Å². The predicted octanol–water partition coefficient (Wildman–Crippen LogP) is 1.32. The van der Waals surface area contributed by atoms with Gasteiger partial charge in [0.2, 0.25) is 9.04 Å². The summed E-state index contributed by atoms with van der Waals surface area (Å²) in [5.41, 5.74) is 0.0831. The Kier molecular flexibility index (Phi) is 2.62. The molecule has 3 rings (SSSR count). The summed E-state index contributed by atoms with van der Waals surface area (Å²) < 4.78 is 5.83. The summed E-state index contributed by atoms with van der Waals surface area (Å²) in [6.07, 6.45) is 5.40. The average molecular weight is 234 g/mol. The van der Waals surface area contributed by atoms with E-state index in [-0.39, 0.29) is 5.60 Å². The van der Waals surface area contributed by atoms with E-state index in [0.717, 1.165) is 17.7 Å². The summed E-state index contributed by atoms with van der Waals surface area (Å²) >= 11 is 0. The second-order valence-electron chi connectivity index (χ2n) is 5.05. The molecule has 0 spiro atoms. The van der Waals surface area contributed by atoms with Gasteiger partial charge in [-0.25, -0.2) is 0 Å². The Balaban J connectivity index is 1.67. The lowest BCUT2D eigenvalue weighted by atomic mass is 9.91. The molecule has 0 radical (unpaired) electrons. The largest absolute Gasteiger partial charge is 0.430 e. The number of fused-ring (bicyclic) bond motifs is 1. The minimum Gasteiger partial charge on any atom is -0.430 e. The highest BCUT2D eigenvalue weighted by Gasteiger charge is 2.57. The maximum Gasteiger partial charge on any atom is 0.206 e. The van der Waals surface area contributed by atoms with Crippen molar-refractivity contribution in [2.75, 3.05) is 0 Å². The van der Waals surface area contributed by atoms with Crippen molar-refractivity contribution in [2.24, 2.45) is 0 Å². The number of ether oxygens (including phenoxy) is 1. The topological polar surface area (TPSA) is 32.8 Å². The molecule has 3 heteroatoms. The zero-order chi connectivity index (χ0) is 11.0. The van der Waals surface area contributed by atoms with E-state index in [1.807, 2.05) is 30.3 Å². The lowest BCUT2D eigenvalue weighted by Crippen LogP contribution is -2.36. The molecule has 2 nitrogen and oxygen atoms in total. The monoisotopic (exact) mass is 234 g/mol. The van der Waals surface area contributed by atoms with Gasteiger partial charge in [-0.05, 0) is 24.1 Å². The number of rotatable bonds is 3. The molecule has 0 amide bonds. The maximum atomic E-state index is 10.3. The molecule has 0 bridgehead atoms. The van der Waals surface area contributed by atoms with Gasteiger partial charge in [0.15, 0.2) is 0 Å². The SMILES string of the molecule is O[SiH](CC12CCCCC1O2)c1ccccc1. The molecule has 16 heavy (non-hydrogen) atoms. The first-order chi connectivity index (χ1) is 7.80. The van der Waals surface area contributed by atoms with Crippen LogP contribution in [0.15, 0.2) is 30.3 Å². The minimum atomic E-state index is -1.78. The Morgan fingerprint density at radius 3 is 2.88 bits per heavy atom. The summed E-state index contributed by atoms with van der Waals surface area (Å²) in [7, 11) is -1.78. The Labute approximate surface area is 98.0 Å². The first-order valence-corrected chi connectivity index (χ1v) is 8.12. The fourth-order valence-electron chi connectivity index (χ4n) is 2.95. The van der Waals surface area contributed by atoms with Crippen LogP contribution in [0.5, 0.6) is 0 Å². The number of epoxide rings is 1. The molecule has 2 aliphatic rings. The lowest BCUT2D eigenvalue weighted by molar-refractivity contribution is 0.299. The summed E-state index contributed by atoms with van der Waals surface area (Å²) in [5.74, 6) is 0. The zero-order valence-corrected chi connectivity index (χ0v) is 10.6. The molecule has 2 fully saturated rings. The van der Waals surface area contributed by atoms with E-state index < -0.39 is 9.04 Å². The van der Waals surface area contributed by atoms with Gasteiger partial charge in [-0.15, -0.1) is 0 Å². The molecular weight excluding hydrogens is 216 g/mol. The highest BCUT2D eigenvalue weighted by atomic mass is 28.3. The van der Waals surface area contributed by atoms with Gasteiger partial charge in [-0.2, -0.15) is 0 Å². The second-order valence-corrected chi connectivity index (χ2v) is 7.15. The van der Waals surface area contributed by atoms with Crippen LogP contribution < -0.4 is 5.19 Å². The van der Waals surface area contributed by atoms with Crippen LogP contribution in [-0.4, -0.2) is 25.5 Å². The summed E-state index contributed by atoms with van der Waals surface area (Å²) in [4.78, 5) is 10.3. The van der Waals surface area contributed by atoms with E-state index in [1.54, 1.807) is 0 Å².